The Morgan fingerprint density at radius 2 is 2.11 bits per heavy atom. The first kappa shape index (κ1) is 13.1. The van der Waals surface area contributed by atoms with Gasteiger partial charge in [-0.15, -0.1) is 0 Å². The second-order valence-corrected chi connectivity index (χ2v) is 4.14. The Morgan fingerprint density at radius 3 is 2.79 bits per heavy atom. The van der Waals surface area contributed by atoms with Crippen LogP contribution in [-0.2, 0) is 13.1 Å². The van der Waals surface area contributed by atoms with Crippen molar-refractivity contribution in [3.63, 3.8) is 0 Å². The Morgan fingerprint density at radius 1 is 1.26 bits per heavy atom. The standard InChI is InChI=1S/C14H13FN4/c1-10-6-19-13(9-18-10)8-17-7-12-4-2-3-11(5-16)14(12)15/h2-4,6,9,17H,7-8H2,1H3. The predicted octanol–water partition coefficient (Wildman–Crippen LogP) is 2.09. The topological polar surface area (TPSA) is 61.6 Å². The summed E-state index contributed by atoms with van der Waals surface area (Å²) in [6.45, 7) is 2.72. The van der Waals surface area contributed by atoms with Crippen LogP contribution in [0.15, 0.2) is 30.6 Å². The Kier molecular flexibility index (Phi) is 4.16. The third-order valence-corrected chi connectivity index (χ3v) is 2.66. The number of aryl methyl sites for hydroxylation is 1. The summed E-state index contributed by atoms with van der Waals surface area (Å²) in [5.74, 6) is -0.465. The molecule has 1 heterocycles. The number of hydrogen-bond acceptors (Lipinski definition) is 4. The fourth-order valence-electron chi connectivity index (χ4n) is 1.64. The minimum atomic E-state index is -0.465. The minimum Gasteiger partial charge on any atom is -0.307 e. The summed E-state index contributed by atoms with van der Waals surface area (Å²) in [7, 11) is 0. The fraction of sp³-hybridized carbons (Fsp3) is 0.214. The van der Waals surface area contributed by atoms with Gasteiger partial charge in [-0.25, -0.2) is 4.39 Å². The van der Waals surface area contributed by atoms with Gasteiger partial charge in [-0.3, -0.25) is 9.97 Å². The molecular formula is C14H13FN4. The van der Waals surface area contributed by atoms with Crippen LogP contribution in [0.3, 0.4) is 0 Å². The summed E-state index contributed by atoms with van der Waals surface area (Å²) in [6.07, 6.45) is 3.37. The number of benzene rings is 1. The van der Waals surface area contributed by atoms with Gasteiger partial charge in [0.1, 0.15) is 11.9 Å². The van der Waals surface area contributed by atoms with E-state index in [-0.39, 0.29) is 5.56 Å². The van der Waals surface area contributed by atoms with E-state index in [1.54, 1.807) is 24.5 Å². The zero-order valence-corrected chi connectivity index (χ0v) is 10.5. The van der Waals surface area contributed by atoms with Gasteiger partial charge in [0, 0.05) is 31.0 Å². The number of aromatic nitrogens is 2. The van der Waals surface area contributed by atoms with E-state index in [0.717, 1.165) is 11.4 Å². The monoisotopic (exact) mass is 256 g/mol. The van der Waals surface area contributed by atoms with Crippen molar-refractivity contribution in [2.45, 2.75) is 20.0 Å². The first-order valence-corrected chi connectivity index (χ1v) is 5.86. The molecule has 1 N–H and O–H groups in total. The van der Waals surface area contributed by atoms with Gasteiger partial charge in [-0.2, -0.15) is 5.26 Å². The first-order chi connectivity index (χ1) is 9.20. The van der Waals surface area contributed by atoms with Crippen LogP contribution in [0.25, 0.3) is 0 Å². The smallest absolute Gasteiger partial charge is 0.145 e. The summed E-state index contributed by atoms with van der Waals surface area (Å²) >= 11 is 0. The van der Waals surface area contributed by atoms with E-state index in [2.05, 4.69) is 15.3 Å². The van der Waals surface area contributed by atoms with Crippen molar-refractivity contribution < 1.29 is 4.39 Å². The SMILES string of the molecule is Cc1cnc(CNCc2cccc(C#N)c2F)cn1. The number of nitriles is 1. The van der Waals surface area contributed by atoms with E-state index in [0.29, 0.717) is 18.7 Å². The van der Waals surface area contributed by atoms with Crippen LogP contribution in [0.1, 0.15) is 22.5 Å². The van der Waals surface area contributed by atoms with Crippen molar-refractivity contribution in [3.05, 3.63) is 58.9 Å². The Labute approximate surface area is 110 Å². The Balaban J connectivity index is 1.96. The van der Waals surface area contributed by atoms with E-state index in [9.17, 15) is 4.39 Å². The molecule has 1 aromatic heterocycles. The highest BCUT2D eigenvalue weighted by molar-refractivity contribution is 5.34. The van der Waals surface area contributed by atoms with E-state index >= 15 is 0 Å². The van der Waals surface area contributed by atoms with Gasteiger partial charge < -0.3 is 5.32 Å². The quantitative estimate of drug-likeness (QED) is 0.909. The lowest BCUT2D eigenvalue weighted by molar-refractivity contribution is 0.582. The largest absolute Gasteiger partial charge is 0.307 e. The van der Waals surface area contributed by atoms with E-state index in [4.69, 9.17) is 5.26 Å². The molecule has 0 amide bonds. The number of rotatable bonds is 4. The molecule has 2 rings (SSSR count). The molecule has 96 valence electrons. The second-order valence-electron chi connectivity index (χ2n) is 4.14. The molecule has 0 bridgehead atoms. The highest BCUT2D eigenvalue weighted by Crippen LogP contribution is 2.11. The highest BCUT2D eigenvalue weighted by atomic mass is 19.1. The van der Waals surface area contributed by atoms with Gasteiger partial charge in [-0.05, 0) is 13.0 Å². The molecule has 0 aliphatic carbocycles. The molecule has 2 aromatic rings. The lowest BCUT2D eigenvalue weighted by Gasteiger charge is -2.06. The van der Waals surface area contributed by atoms with Gasteiger partial charge in [0.15, 0.2) is 0 Å². The molecule has 0 saturated carbocycles. The maximum Gasteiger partial charge on any atom is 0.145 e. The molecule has 0 unspecified atom stereocenters. The third-order valence-electron chi connectivity index (χ3n) is 2.66. The molecule has 0 aliphatic rings. The Bertz CT molecular complexity index is 602. The molecule has 0 atom stereocenters. The van der Waals surface area contributed by atoms with Crippen molar-refractivity contribution in [1.29, 1.82) is 5.26 Å². The van der Waals surface area contributed by atoms with Crippen molar-refractivity contribution in [3.8, 4) is 6.07 Å². The number of hydrogen-bond donors (Lipinski definition) is 1. The van der Waals surface area contributed by atoms with Crippen molar-refractivity contribution in [1.82, 2.24) is 15.3 Å². The molecule has 0 fully saturated rings. The molecule has 0 saturated heterocycles. The van der Waals surface area contributed by atoms with E-state index in [1.807, 2.05) is 13.0 Å². The summed E-state index contributed by atoms with van der Waals surface area (Å²) < 4.78 is 13.8. The normalized spacial score (nSPS) is 10.2. The average Bonchev–Trinajstić information content (AvgIpc) is 2.43. The van der Waals surface area contributed by atoms with Crippen LogP contribution in [-0.4, -0.2) is 9.97 Å². The molecule has 0 spiro atoms. The fourth-order valence-corrected chi connectivity index (χ4v) is 1.64. The van der Waals surface area contributed by atoms with Gasteiger partial charge in [-0.1, -0.05) is 12.1 Å². The third kappa shape index (κ3) is 3.33. The summed E-state index contributed by atoms with van der Waals surface area (Å²) in [4.78, 5) is 8.32. The van der Waals surface area contributed by atoms with Crippen molar-refractivity contribution in [2.75, 3.05) is 0 Å². The maximum atomic E-state index is 13.8. The minimum absolute atomic E-state index is 0.0643. The molecular weight excluding hydrogens is 243 g/mol. The molecule has 19 heavy (non-hydrogen) atoms. The zero-order valence-electron chi connectivity index (χ0n) is 10.5. The lowest BCUT2D eigenvalue weighted by atomic mass is 10.1. The highest BCUT2D eigenvalue weighted by Gasteiger charge is 2.06. The second kappa shape index (κ2) is 6.03. The summed E-state index contributed by atoms with van der Waals surface area (Å²) in [6, 6.07) is 6.62. The molecule has 4 nitrogen and oxygen atoms in total. The zero-order chi connectivity index (χ0) is 13.7. The van der Waals surface area contributed by atoms with E-state index in [1.165, 1.54) is 6.07 Å². The molecule has 1 aromatic carbocycles. The van der Waals surface area contributed by atoms with Gasteiger partial charge >= 0.3 is 0 Å². The van der Waals surface area contributed by atoms with Crippen molar-refractivity contribution >= 4 is 0 Å². The van der Waals surface area contributed by atoms with Crippen LogP contribution in [0.4, 0.5) is 4.39 Å². The van der Waals surface area contributed by atoms with Crippen LogP contribution in [0.5, 0.6) is 0 Å². The lowest BCUT2D eigenvalue weighted by Crippen LogP contribution is -2.15. The van der Waals surface area contributed by atoms with Crippen LogP contribution < -0.4 is 5.32 Å². The van der Waals surface area contributed by atoms with Crippen LogP contribution >= 0.6 is 0 Å². The van der Waals surface area contributed by atoms with Crippen LogP contribution in [0, 0.1) is 24.1 Å². The van der Waals surface area contributed by atoms with Crippen LogP contribution in [0.2, 0.25) is 0 Å². The predicted molar refractivity (Wildman–Crippen MR) is 68.4 cm³/mol. The molecule has 0 aliphatic heterocycles. The first-order valence-electron chi connectivity index (χ1n) is 5.86. The van der Waals surface area contributed by atoms with Gasteiger partial charge in [0.2, 0.25) is 0 Å². The number of halogens is 1. The van der Waals surface area contributed by atoms with E-state index < -0.39 is 5.82 Å². The summed E-state index contributed by atoms with van der Waals surface area (Å²) in [5.41, 5.74) is 2.19. The van der Waals surface area contributed by atoms with Gasteiger partial charge in [0.25, 0.3) is 0 Å². The number of nitrogens with one attached hydrogen (secondary N) is 1. The number of nitrogens with zero attached hydrogens (tertiary/aromatic N) is 3. The summed E-state index contributed by atoms with van der Waals surface area (Å²) in [5, 5.41) is 11.8. The Hall–Kier alpha value is -2.32. The molecule has 0 radical (unpaired) electrons. The van der Waals surface area contributed by atoms with Crippen molar-refractivity contribution in [2.24, 2.45) is 0 Å². The van der Waals surface area contributed by atoms with Gasteiger partial charge in [0.05, 0.1) is 17.0 Å². The molecule has 5 heteroatoms. The average molecular weight is 256 g/mol. The maximum absolute atomic E-state index is 13.8.